The van der Waals surface area contributed by atoms with Gasteiger partial charge in [-0.2, -0.15) is 10.2 Å². The number of hydrogen-bond acceptors (Lipinski definition) is 3. The average Bonchev–Trinajstić information content (AvgIpc) is 1.67. The number of nitrogens with zero attached hydrogens (tertiary/aromatic N) is 2. The van der Waals surface area contributed by atoms with Crippen LogP contribution in [0.3, 0.4) is 0 Å². The van der Waals surface area contributed by atoms with Crippen molar-refractivity contribution in [3.8, 4) is 0 Å². The highest BCUT2D eigenvalue weighted by Gasteiger charge is 2.13. The summed E-state index contributed by atoms with van der Waals surface area (Å²) >= 11 is 0. The first-order valence-corrected chi connectivity index (χ1v) is 2.66. The van der Waals surface area contributed by atoms with E-state index in [-0.39, 0.29) is 0 Å². The Morgan fingerprint density at radius 3 is 2.25 bits per heavy atom. The lowest BCUT2D eigenvalue weighted by atomic mass is 10.2. The fourth-order valence-corrected chi connectivity index (χ4v) is 0.286. The molecule has 0 aliphatic carbocycles. The third-order valence-corrected chi connectivity index (χ3v) is 0.985. The Labute approximate surface area is 49.4 Å². The van der Waals surface area contributed by atoms with Crippen molar-refractivity contribution in [2.24, 2.45) is 10.2 Å². The van der Waals surface area contributed by atoms with E-state index in [0.29, 0.717) is 6.42 Å². The zero-order chi connectivity index (χ0) is 6.62. The molecule has 0 radical (unpaired) electrons. The van der Waals surface area contributed by atoms with E-state index < -0.39 is 5.72 Å². The summed E-state index contributed by atoms with van der Waals surface area (Å²) in [4.78, 5) is 0. The number of aliphatic hydroxyl groups is 1. The van der Waals surface area contributed by atoms with E-state index in [2.05, 4.69) is 10.2 Å². The highest BCUT2D eigenvalue weighted by Crippen LogP contribution is 2.08. The number of rotatable bonds is 2. The predicted octanol–water partition coefficient (Wildman–Crippen LogP) is 1.19. The van der Waals surface area contributed by atoms with Crippen molar-refractivity contribution in [3.05, 3.63) is 0 Å². The molecule has 0 bridgehead atoms. The van der Waals surface area contributed by atoms with E-state index in [4.69, 9.17) is 5.11 Å². The van der Waals surface area contributed by atoms with Crippen LogP contribution in [0.1, 0.15) is 20.3 Å². The fourth-order valence-electron chi connectivity index (χ4n) is 0.286. The minimum absolute atomic E-state index is 0.602. The summed E-state index contributed by atoms with van der Waals surface area (Å²) in [5.41, 5.74) is -0.950. The van der Waals surface area contributed by atoms with Crippen LogP contribution in [0.2, 0.25) is 0 Å². The van der Waals surface area contributed by atoms with Crippen LogP contribution in [-0.4, -0.2) is 17.9 Å². The summed E-state index contributed by atoms with van der Waals surface area (Å²) in [6.07, 6.45) is 0.602. The summed E-state index contributed by atoms with van der Waals surface area (Å²) < 4.78 is 0. The third kappa shape index (κ3) is 2.69. The second-order valence-corrected chi connectivity index (χ2v) is 1.87. The van der Waals surface area contributed by atoms with Crippen LogP contribution in [-0.2, 0) is 0 Å². The molecule has 0 aliphatic rings. The Hall–Kier alpha value is -0.440. The Morgan fingerprint density at radius 1 is 1.62 bits per heavy atom. The van der Waals surface area contributed by atoms with Crippen molar-refractivity contribution in [2.45, 2.75) is 26.0 Å². The summed E-state index contributed by atoms with van der Waals surface area (Å²) in [7, 11) is 1.55. The van der Waals surface area contributed by atoms with E-state index in [1.807, 2.05) is 6.92 Å². The lowest BCUT2D eigenvalue weighted by Gasteiger charge is -2.11. The van der Waals surface area contributed by atoms with Gasteiger partial charge in [-0.25, -0.2) is 0 Å². The van der Waals surface area contributed by atoms with Crippen LogP contribution < -0.4 is 0 Å². The smallest absolute Gasteiger partial charge is 0.172 e. The predicted molar refractivity (Wildman–Crippen MR) is 31.7 cm³/mol. The van der Waals surface area contributed by atoms with E-state index >= 15 is 0 Å². The maximum Gasteiger partial charge on any atom is 0.172 e. The quantitative estimate of drug-likeness (QED) is 0.541. The summed E-state index contributed by atoms with van der Waals surface area (Å²) in [6.45, 7) is 3.48. The molecule has 0 spiro atoms. The molecule has 0 rings (SSSR count). The summed E-state index contributed by atoms with van der Waals surface area (Å²) in [5, 5.41) is 16.1. The van der Waals surface area contributed by atoms with Gasteiger partial charge in [0.1, 0.15) is 0 Å². The number of hydrogen-bond donors (Lipinski definition) is 1. The Morgan fingerprint density at radius 2 is 2.12 bits per heavy atom. The fraction of sp³-hybridized carbons (Fsp3) is 1.00. The van der Waals surface area contributed by atoms with Gasteiger partial charge in [0.25, 0.3) is 0 Å². The molecule has 48 valence electrons. The molecule has 0 aliphatic heterocycles. The lowest BCUT2D eigenvalue weighted by molar-refractivity contribution is 0.0578. The zero-order valence-corrected chi connectivity index (χ0v) is 5.55. The molecular weight excluding hydrogens is 104 g/mol. The van der Waals surface area contributed by atoms with Gasteiger partial charge in [-0.3, -0.25) is 0 Å². The monoisotopic (exact) mass is 116 g/mol. The Bertz CT molecular complexity index is 88.4. The standard InChI is InChI=1S/C5H12N2O/c1-4-5(2,8)7-6-3/h8H,4H2,1-3H3. The minimum atomic E-state index is -0.950. The molecule has 0 saturated heterocycles. The highest BCUT2D eigenvalue weighted by molar-refractivity contribution is 4.62. The topological polar surface area (TPSA) is 45.0 Å². The third-order valence-electron chi connectivity index (χ3n) is 0.985. The van der Waals surface area contributed by atoms with Crippen molar-refractivity contribution in [3.63, 3.8) is 0 Å². The van der Waals surface area contributed by atoms with Gasteiger partial charge in [-0.15, -0.1) is 0 Å². The zero-order valence-electron chi connectivity index (χ0n) is 5.55. The first-order valence-electron chi connectivity index (χ1n) is 2.66. The van der Waals surface area contributed by atoms with Gasteiger partial charge in [0, 0.05) is 7.05 Å². The second kappa shape index (κ2) is 2.77. The van der Waals surface area contributed by atoms with Crippen LogP contribution in [0.25, 0.3) is 0 Å². The molecule has 0 aromatic heterocycles. The molecule has 1 unspecified atom stereocenters. The minimum Gasteiger partial charge on any atom is -0.368 e. The van der Waals surface area contributed by atoms with Crippen molar-refractivity contribution < 1.29 is 5.11 Å². The molecule has 0 fully saturated rings. The Balaban J connectivity index is 3.71. The van der Waals surface area contributed by atoms with Gasteiger partial charge in [-0.05, 0) is 13.3 Å². The van der Waals surface area contributed by atoms with Crippen molar-refractivity contribution in [1.82, 2.24) is 0 Å². The van der Waals surface area contributed by atoms with Crippen LogP contribution in [0.15, 0.2) is 10.2 Å². The summed E-state index contributed by atoms with van der Waals surface area (Å²) in [5.74, 6) is 0. The molecule has 0 amide bonds. The first kappa shape index (κ1) is 7.56. The van der Waals surface area contributed by atoms with E-state index in [1.54, 1.807) is 14.0 Å². The molecule has 1 N–H and O–H groups in total. The second-order valence-electron chi connectivity index (χ2n) is 1.87. The van der Waals surface area contributed by atoms with Crippen molar-refractivity contribution in [2.75, 3.05) is 7.05 Å². The van der Waals surface area contributed by atoms with Crippen LogP contribution in [0.4, 0.5) is 0 Å². The maximum atomic E-state index is 9.06. The van der Waals surface area contributed by atoms with E-state index in [1.165, 1.54) is 0 Å². The average molecular weight is 116 g/mol. The molecule has 3 nitrogen and oxygen atoms in total. The Kier molecular flexibility index (Phi) is 2.62. The molecule has 8 heavy (non-hydrogen) atoms. The first-order chi connectivity index (χ1) is 3.62. The molecule has 0 heterocycles. The maximum absolute atomic E-state index is 9.06. The molecule has 0 aromatic carbocycles. The van der Waals surface area contributed by atoms with Gasteiger partial charge >= 0.3 is 0 Å². The van der Waals surface area contributed by atoms with Gasteiger partial charge in [0.05, 0.1) is 0 Å². The normalized spacial score (nSPS) is 19.0. The molecule has 0 aromatic rings. The van der Waals surface area contributed by atoms with Crippen LogP contribution in [0, 0.1) is 0 Å². The van der Waals surface area contributed by atoms with Gasteiger partial charge in [-0.1, -0.05) is 6.92 Å². The van der Waals surface area contributed by atoms with E-state index in [0.717, 1.165) is 0 Å². The van der Waals surface area contributed by atoms with E-state index in [9.17, 15) is 0 Å². The molecule has 1 atom stereocenters. The van der Waals surface area contributed by atoms with Crippen molar-refractivity contribution >= 4 is 0 Å². The summed E-state index contributed by atoms with van der Waals surface area (Å²) in [6, 6.07) is 0. The van der Waals surface area contributed by atoms with Crippen LogP contribution >= 0.6 is 0 Å². The van der Waals surface area contributed by atoms with Crippen LogP contribution in [0.5, 0.6) is 0 Å². The number of azo groups is 1. The molecule has 3 heteroatoms. The molecule has 0 saturated carbocycles. The largest absolute Gasteiger partial charge is 0.368 e. The SMILES string of the molecule is CCC(C)(O)N=NC. The lowest BCUT2D eigenvalue weighted by Crippen LogP contribution is -2.17. The van der Waals surface area contributed by atoms with Gasteiger partial charge in [0.15, 0.2) is 5.72 Å². The molecular formula is C5H12N2O. The van der Waals surface area contributed by atoms with Crippen molar-refractivity contribution in [1.29, 1.82) is 0 Å². The van der Waals surface area contributed by atoms with Gasteiger partial charge < -0.3 is 5.11 Å². The van der Waals surface area contributed by atoms with Gasteiger partial charge in [0.2, 0.25) is 0 Å². The highest BCUT2D eigenvalue weighted by atomic mass is 16.3.